The molecule has 0 bridgehead atoms. The smallest absolute Gasteiger partial charge is 0.263 e. The zero-order valence-corrected chi connectivity index (χ0v) is 14.8. The average molecular weight is 365 g/mol. The molecule has 1 aliphatic rings. The largest absolute Gasteiger partial charge is 0.360 e. The summed E-state index contributed by atoms with van der Waals surface area (Å²) in [6.07, 6.45) is 8.60. The maximum absolute atomic E-state index is 12.8. The van der Waals surface area contributed by atoms with Gasteiger partial charge in [-0.2, -0.15) is 0 Å². The maximum Gasteiger partial charge on any atom is 0.263 e. The van der Waals surface area contributed by atoms with Gasteiger partial charge in [-0.05, 0) is 30.5 Å². The second kappa shape index (κ2) is 6.71. The number of amides is 2. The number of hydrogen-bond acceptors (Lipinski definition) is 4. The molecule has 1 fully saturated rings. The molecule has 0 unspecified atom stereocenters. The summed E-state index contributed by atoms with van der Waals surface area (Å²) >= 11 is 0. The molecule has 4 rings (SSSR count). The number of carbonyl (C=O) groups is 2. The lowest BCUT2D eigenvalue weighted by atomic mass is 10.1. The highest BCUT2D eigenvalue weighted by Gasteiger charge is 2.25. The van der Waals surface area contributed by atoms with Crippen LogP contribution in [0.4, 0.5) is 0 Å². The molecule has 3 aromatic heterocycles. The Bertz CT molecular complexity index is 1090. The molecule has 1 aliphatic carbocycles. The van der Waals surface area contributed by atoms with Crippen molar-refractivity contribution < 1.29 is 9.59 Å². The van der Waals surface area contributed by atoms with E-state index in [0.29, 0.717) is 5.56 Å². The van der Waals surface area contributed by atoms with Gasteiger partial charge >= 0.3 is 0 Å². The molecular weight excluding hydrogens is 346 g/mol. The minimum absolute atomic E-state index is 0.0533. The molecule has 1 saturated carbocycles. The normalized spacial score (nSPS) is 13.5. The quantitative estimate of drug-likeness (QED) is 0.627. The van der Waals surface area contributed by atoms with E-state index < -0.39 is 11.5 Å². The molecule has 0 saturated heterocycles. The van der Waals surface area contributed by atoms with Gasteiger partial charge in [0.05, 0.1) is 23.8 Å². The molecule has 0 aliphatic heterocycles. The Labute approximate surface area is 154 Å². The van der Waals surface area contributed by atoms with Crippen LogP contribution in [0.25, 0.3) is 10.9 Å². The highest BCUT2D eigenvalue weighted by Crippen LogP contribution is 2.20. The van der Waals surface area contributed by atoms with Gasteiger partial charge in [-0.3, -0.25) is 19.4 Å². The first-order valence-corrected chi connectivity index (χ1v) is 8.74. The van der Waals surface area contributed by atoms with Crippen LogP contribution in [0.3, 0.4) is 0 Å². The van der Waals surface area contributed by atoms with Crippen LogP contribution in [0.2, 0.25) is 0 Å². The standard InChI is InChI=1S/C19H19N5O3/c1-20-18(26)15-6-11(17(25)23-13-2-3-13)9-24(19(15)27)10-12-7-22-16-8-21-5-4-14(12)16/h4-9,13,22H,2-3,10H2,1H3,(H,20,26)(H,23,25). The number of pyridine rings is 2. The van der Waals surface area contributed by atoms with Crippen molar-refractivity contribution in [3.8, 4) is 0 Å². The zero-order chi connectivity index (χ0) is 19.0. The lowest BCUT2D eigenvalue weighted by Gasteiger charge is -2.11. The lowest BCUT2D eigenvalue weighted by Crippen LogP contribution is -2.34. The number of fused-ring (bicyclic) bond motifs is 1. The Kier molecular flexibility index (Phi) is 4.23. The third kappa shape index (κ3) is 3.33. The van der Waals surface area contributed by atoms with Gasteiger partial charge in [-0.15, -0.1) is 0 Å². The van der Waals surface area contributed by atoms with Crippen LogP contribution in [-0.2, 0) is 6.54 Å². The van der Waals surface area contributed by atoms with Crippen molar-refractivity contribution in [1.82, 2.24) is 25.2 Å². The van der Waals surface area contributed by atoms with E-state index in [1.165, 1.54) is 23.9 Å². The molecule has 8 nitrogen and oxygen atoms in total. The third-order valence-corrected chi connectivity index (χ3v) is 4.64. The lowest BCUT2D eigenvalue weighted by molar-refractivity contribution is 0.0950. The molecule has 0 spiro atoms. The average Bonchev–Trinajstić information content (AvgIpc) is 3.41. The van der Waals surface area contributed by atoms with Crippen molar-refractivity contribution >= 4 is 22.7 Å². The summed E-state index contributed by atoms with van der Waals surface area (Å²) in [4.78, 5) is 44.6. The molecular formula is C19H19N5O3. The predicted octanol–water partition coefficient (Wildman–Crippen LogP) is 1.02. The summed E-state index contributed by atoms with van der Waals surface area (Å²) in [7, 11) is 1.45. The third-order valence-electron chi connectivity index (χ3n) is 4.64. The second-order valence-electron chi connectivity index (χ2n) is 6.64. The first kappa shape index (κ1) is 17.0. The summed E-state index contributed by atoms with van der Waals surface area (Å²) in [5.41, 5.74) is 1.52. The SMILES string of the molecule is CNC(=O)c1cc(C(=O)NC2CC2)cn(Cc2c[nH]c3cnccc23)c1=O. The highest BCUT2D eigenvalue weighted by molar-refractivity contribution is 5.99. The number of aromatic nitrogens is 3. The van der Waals surface area contributed by atoms with E-state index in [4.69, 9.17) is 0 Å². The fourth-order valence-corrected chi connectivity index (χ4v) is 3.02. The van der Waals surface area contributed by atoms with Crippen LogP contribution in [-0.4, -0.2) is 39.4 Å². The minimum Gasteiger partial charge on any atom is -0.360 e. The molecule has 3 N–H and O–H groups in total. The van der Waals surface area contributed by atoms with E-state index in [-0.39, 0.29) is 24.1 Å². The summed E-state index contributed by atoms with van der Waals surface area (Å²) in [6.45, 7) is 0.234. The second-order valence-corrected chi connectivity index (χ2v) is 6.64. The van der Waals surface area contributed by atoms with Crippen LogP contribution in [0, 0.1) is 0 Å². The molecule has 3 aromatic rings. The molecule has 2 amide bonds. The Morgan fingerprint density at radius 1 is 1.33 bits per heavy atom. The van der Waals surface area contributed by atoms with E-state index >= 15 is 0 Å². The van der Waals surface area contributed by atoms with Gasteiger partial charge in [0, 0.05) is 37.1 Å². The number of hydrogen-bond donors (Lipinski definition) is 3. The summed E-state index contributed by atoms with van der Waals surface area (Å²) < 4.78 is 1.40. The van der Waals surface area contributed by atoms with Crippen LogP contribution in [0.5, 0.6) is 0 Å². The van der Waals surface area contributed by atoms with Crippen LogP contribution in [0.1, 0.15) is 39.1 Å². The number of rotatable bonds is 5. The van der Waals surface area contributed by atoms with Crippen molar-refractivity contribution in [3.05, 3.63) is 64.0 Å². The number of nitrogens with zero attached hydrogens (tertiary/aromatic N) is 2. The van der Waals surface area contributed by atoms with Crippen molar-refractivity contribution in [2.75, 3.05) is 7.05 Å². The molecule has 0 aromatic carbocycles. The van der Waals surface area contributed by atoms with E-state index in [1.54, 1.807) is 18.6 Å². The van der Waals surface area contributed by atoms with Gasteiger partial charge in [-0.25, -0.2) is 0 Å². The first-order valence-electron chi connectivity index (χ1n) is 8.74. The van der Waals surface area contributed by atoms with Crippen LogP contribution >= 0.6 is 0 Å². The number of nitrogens with one attached hydrogen (secondary N) is 3. The predicted molar refractivity (Wildman–Crippen MR) is 99.8 cm³/mol. The van der Waals surface area contributed by atoms with Gasteiger partial charge in [0.1, 0.15) is 5.56 Å². The number of H-pyrrole nitrogens is 1. The summed E-state index contributed by atoms with van der Waals surface area (Å²) in [5, 5.41) is 6.28. The molecule has 0 radical (unpaired) electrons. The van der Waals surface area contributed by atoms with Gasteiger partial charge in [0.2, 0.25) is 0 Å². The molecule has 138 valence electrons. The van der Waals surface area contributed by atoms with Crippen LogP contribution < -0.4 is 16.2 Å². The maximum atomic E-state index is 12.8. The molecule has 27 heavy (non-hydrogen) atoms. The Morgan fingerprint density at radius 3 is 2.89 bits per heavy atom. The number of carbonyl (C=O) groups excluding carboxylic acids is 2. The highest BCUT2D eigenvalue weighted by atomic mass is 16.2. The van der Waals surface area contributed by atoms with Crippen molar-refractivity contribution in [2.45, 2.75) is 25.4 Å². The van der Waals surface area contributed by atoms with E-state index in [9.17, 15) is 14.4 Å². The molecule has 8 heteroatoms. The zero-order valence-electron chi connectivity index (χ0n) is 14.8. The van der Waals surface area contributed by atoms with Crippen molar-refractivity contribution in [3.63, 3.8) is 0 Å². The van der Waals surface area contributed by atoms with E-state index in [0.717, 1.165) is 29.3 Å². The molecule has 3 heterocycles. The summed E-state index contributed by atoms with van der Waals surface area (Å²) in [6, 6.07) is 3.40. The van der Waals surface area contributed by atoms with Gasteiger partial charge < -0.3 is 20.2 Å². The monoisotopic (exact) mass is 365 g/mol. The minimum atomic E-state index is -0.516. The van der Waals surface area contributed by atoms with Crippen LogP contribution in [0.15, 0.2) is 41.7 Å². The number of aromatic amines is 1. The van der Waals surface area contributed by atoms with Gasteiger partial charge in [0.25, 0.3) is 17.4 Å². The fourth-order valence-electron chi connectivity index (χ4n) is 3.02. The molecule has 0 atom stereocenters. The van der Waals surface area contributed by atoms with E-state index in [1.807, 2.05) is 6.07 Å². The Morgan fingerprint density at radius 2 is 2.15 bits per heavy atom. The Balaban J connectivity index is 1.76. The van der Waals surface area contributed by atoms with E-state index in [2.05, 4.69) is 20.6 Å². The fraction of sp³-hybridized carbons (Fsp3) is 0.263. The van der Waals surface area contributed by atoms with Gasteiger partial charge in [-0.1, -0.05) is 0 Å². The van der Waals surface area contributed by atoms with Crippen molar-refractivity contribution in [2.24, 2.45) is 0 Å². The first-order chi connectivity index (χ1) is 13.1. The van der Waals surface area contributed by atoms with Crippen molar-refractivity contribution in [1.29, 1.82) is 0 Å². The van der Waals surface area contributed by atoms with Gasteiger partial charge in [0.15, 0.2) is 0 Å². The Hall–Kier alpha value is -3.42. The summed E-state index contributed by atoms with van der Waals surface area (Å²) in [5.74, 6) is -0.794. The topological polar surface area (TPSA) is 109 Å².